The van der Waals surface area contributed by atoms with Gasteiger partial charge in [-0.1, -0.05) is 6.07 Å². The molecule has 0 atom stereocenters. The van der Waals surface area contributed by atoms with Crippen LogP contribution in [0.5, 0.6) is 17.4 Å². The van der Waals surface area contributed by atoms with Crippen molar-refractivity contribution in [1.29, 1.82) is 0 Å². The van der Waals surface area contributed by atoms with Crippen LogP contribution in [-0.4, -0.2) is 44.5 Å². The fourth-order valence-corrected chi connectivity index (χ4v) is 4.25. The minimum Gasteiger partial charge on any atom is -0.481 e. The van der Waals surface area contributed by atoms with Gasteiger partial charge in [-0.15, -0.1) is 0 Å². The highest BCUT2D eigenvalue weighted by molar-refractivity contribution is 7.00. The van der Waals surface area contributed by atoms with Crippen LogP contribution in [0.15, 0.2) is 60.3 Å². The lowest BCUT2D eigenvalue weighted by molar-refractivity contribution is -0.130. The molecule has 34 heavy (non-hydrogen) atoms. The highest BCUT2D eigenvalue weighted by Crippen LogP contribution is 2.34. The van der Waals surface area contributed by atoms with Gasteiger partial charge in [0.15, 0.2) is 17.3 Å². The number of allylic oxidation sites excluding steroid dienone is 1. The fourth-order valence-electron chi connectivity index (χ4n) is 3.73. The highest BCUT2D eigenvalue weighted by Gasteiger charge is 2.26. The summed E-state index contributed by atoms with van der Waals surface area (Å²) in [6.07, 6.45) is 1.59. The Bertz CT molecular complexity index is 1460. The maximum absolute atomic E-state index is 13.7. The van der Waals surface area contributed by atoms with Gasteiger partial charge in [-0.2, -0.15) is 8.75 Å². The van der Waals surface area contributed by atoms with Crippen molar-refractivity contribution in [2.45, 2.75) is 6.42 Å². The molecule has 0 aliphatic carbocycles. The van der Waals surface area contributed by atoms with E-state index in [9.17, 15) is 14.7 Å². The molecule has 1 aliphatic heterocycles. The van der Waals surface area contributed by atoms with E-state index < -0.39 is 11.8 Å². The van der Waals surface area contributed by atoms with Gasteiger partial charge in [-0.25, -0.2) is 9.78 Å². The summed E-state index contributed by atoms with van der Waals surface area (Å²) in [5.74, 6) is -0.349. The summed E-state index contributed by atoms with van der Waals surface area (Å²) in [7, 11) is 1.49. The Morgan fingerprint density at radius 1 is 1.00 bits per heavy atom. The van der Waals surface area contributed by atoms with Crippen molar-refractivity contribution >= 4 is 40.1 Å². The molecule has 2 aromatic heterocycles. The molecular weight excluding hydrogens is 458 g/mol. The number of hydrogen-bond acceptors (Lipinski definition) is 9. The van der Waals surface area contributed by atoms with Crippen molar-refractivity contribution in [1.82, 2.24) is 13.7 Å². The van der Waals surface area contributed by atoms with Gasteiger partial charge in [0.05, 0.1) is 24.4 Å². The Kier molecular flexibility index (Phi) is 5.64. The van der Waals surface area contributed by atoms with Gasteiger partial charge in [-0.05, 0) is 47.5 Å². The van der Waals surface area contributed by atoms with E-state index in [0.29, 0.717) is 39.5 Å². The van der Waals surface area contributed by atoms with E-state index in [1.165, 1.54) is 7.11 Å². The SMILES string of the molecule is COc1cc(CC(C(=O)c2ccc3c(c2)OCO3)=C(C(=O)O)c2ccc3nsnc3c2)ccn1. The molecule has 1 aliphatic rings. The van der Waals surface area contributed by atoms with Crippen LogP contribution in [0.3, 0.4) is 0 Å². The van der Waals surface area contributed by atoms with E-state index in [-0.39, 0.29) is 29.9 Å². The van der Waals surface area contributed by atoms with Crippen molar-refractivity contribution in [2.75, 3.05) is 13.9 Å². The molecule has 9 nitrogen and oxygen atoms in total. The molecule has 0 unspecified atom stereocenters. The number of fused-ring (bicyclic) bond motifs is 2. The number of methoxy groups -OCH3 is 1. The van der Waals surface area contributed by atoms with Gasteiger partial charge < -0.3 is 19.3 Å². The van der Waals surface area contributed by atoms with Gasteiger partial charge in [0.25, 0.3) is 0 Å². The second-order valence-corrected chi connectivity index (χ2v) is 7.94. The number of hydrogen-bond donors (Lipinski definition) is 1. The molecule has 0 amide bonds. The van der Waals surface area contributed by atoms with Crippen molar-refractivity contribution < 1.29 is 28.9 Å². The third-order valence-corrected chi connectivity index (χ3v) is 5.91. The number of rotatable bonds is 7. The summed E-state index contributed by atoms with van der Waals surface area (Å²) in [5.41, 5.74) is 2.51. The molecule has 0 spiro atoms. The zero-order chi connectivity index (χ0) is 23.7. The third-order valence-electron chi connectivity index (χ3n) is 5.36. The number of ketones is 1. The lowest BCUT2D eigenvalue weighted by Gasteiger charge is -2.14. The molecule has 5 rings (SSSR count). The third kappa shape index (κ3) is 4.06. The number of carbonyl (C=O) groups is 2. The minimum absolute atomic E-state index is 0.0428. The second kappa shape index (κ2) is 8.91. The highest BCUT2D eigenvalue weighted by atomic mass is 32.1. The van der Waals surface area contributed by atoms with E-state index in [2.05, 4.69) is 13.7 Å². The largest absolute Gasteiger partial charge is 0.481 e. The predicted molar refractivity (Wildman–Crippen MR) is 123 cm³/mol. The lowest BCUT2D eigenvalue weighted by atomic mass is 9.89. The molecule has 3 heterocycles. The topological polar surface area (TPSA) is 121 Å². The summed E-state index contributed by atoms with van der Waals surface area (Å²) in [6, 6.07) is 13.1. The number of Topliss-reactive ketones (excluding diaryl/α,β-unsaturated/α-hetero) is 1. The first kappa shape index (κ1) is 21.5. The number of pyridine rings is 1. The van der Waals surface area contributed by atoms with Gasteiger partial charge in [0.1, 0.15) is 11.0 Å². The Morgan fingerprint density at radius 2 is 1.79 bits per heavy atom. The van der Waals surface area contributed by atoms with E-state index in [1.807, 2.05) is 0 Å². The fraction of sp³-hybridized carbons (Fsp3) is 0.125. The van der Waals surface area contributed by atoms with Crippen molar-refractivity contribution in [3.8, 4) is 17.4 Å². The van der Waals surface area contributed by atoms with Crippen LogP contribution in [0.2, 0.25) is 0 Å². The van der Waals surface area contributed by atoms with Crippen LogP contribution >= 0.6 is 11.7 Å². The van der Waals surface area contributed by atoms with Crippen LogP contribution in [0.1, 0.15) is 21.5 Å². The molecule has 2 aromatic carbocycles. The molecule has 10 heteroatoms. The summed E-state index contributed by atoms with van der Waals surface area (Å²) < 4.78 is 24.3. The Balaban J connectivity index is 1.68. The van der Waals surface area contributed by atoms with Gasteiger partial charge >= 0.3 is 5.97 Å². The zero-order valence-corrected chi connectivity index (χ0v) is 18.7. The Morgan fingerprint density at radius 3 is 2.62 bits per heavy atom. The average Bonchev–Trinajstić information content (AvgIpc) is 3.51. The maximum atomic E-state index is 13.7. The Hall–Kier alpha value is -4.31. The number of aromatic nitrogens is 3. The van der Waals surface area contributed by atoms with Gasteiger partial charge in [0.2, 0.25) is 12.7 Å². The summed E-state index contributed by atoms with van der Waals surface area (Å²) in [6.45, 7) is 0.0640. The number of benzene rings is 2. The molecule has 0 radical (unpaired) electrons. The summed E-state index contributed by atoms with van der Waals surface area (Å²) in [4.78, 5) is 30.4. The minimum atomic E-state index is -1.23. The predicted octanol–water partition coefficient (Wildman–Crippen LogP) is 3.79. The molecule has 0 saturated carbocycles. The number of aliphatic carboxylic acids is 1. The molecule has 0 bridgehead atoms. The van der Waals surface area contributed by atoms with Gasteiger partial charge in [-0.3, -0.25) is 4.79 Å². The van der Waals surface area contributed by atoms with Crippen LogP contribution in [0.25, 0.3) is 16.6 Å². The normalized spacial score (nSPS) is 13.0. The Labute approximate surface area is 197 Å². The van der Waals surface area contributed by atoms with Crippen LogP contribution in [-0.2, 0) is 11.2 Å². The number of nitrogens with zero attached hydrogens (tertiary/aromatic N) is 3. The van der Waals surface area contributed by atoms with E-state index in [0.717, 1.165) is 11.7 Å². The van der Waals surface area contributed by atoms with Crippen molar-refractivity contribution in [3.05, 3.63) is 77.0 Å². The molecule has 4 aromatic rings. The first-order valence-corrected chi connectivity index (χ1v) is 10.9. The molecule has 170 valence electrons. The van der Waals surface area contributed by atoms with Crippen LogP contribution < -0.4 is 14.2 Å². The first-order chi connectivity index (χ1) is 16.5. The average molecular weight is 475 g/mol. The van der Waals surface area contributed by atoms with E-state index in [4.69, 9.17) is 14.2 Å². The van der Waals surface area contributed by atoms with Crippen molar-refractivity contribution in [3.63, 3.8) is 0 Å². The summed E-state index contributed by atoms with van der Waals surface area (Å²) >= 11 is 1.03. The molecule has 0 fully saturated rings. The van der Waals surface area contributed by atoms with Crippen molar-refractivity contribution in [2.24, 2.45) is 0 Å². The van der Waals surface area contributed by atoms with Crippen LogP contribution in [0.4, 0.5) is 0 Å². The number of carbonyl (C=O) groups excluding carboxylic acids is 1. The standard InChI is InChI=1S/C24H17N3O6S/c1-31-21-9-13(6-7-25-21)8-16(23(28)15-3-5-19-20(11-15)33-12-32-19)22(24(29)30)14-2-4-17-18(10-14)27-34-26-17/h2-7,9-11H,8,12H2,1H3,(H,29,30). The monoisotopic (exact) mass is 475 g/mol. The van der Waals surface area contributed by atoms with Gasteiger partial charge in [0, 0.05) is 29.8 Å². The lowest BCUT2D eigenvalue weighted by Crippen LogP contribution is -2.14. The maximum Gasteiger partial charge on any atom is 0.336 e. The van der Waals surface area contributed by atoms with E-state index in [1.54, 1.807) is 54.7 Å². The first-order valence-electron chi connectivity index (χ1n) is 10.2. The quantitative estimate of drug-likeness (QED) is 0.314. The molecular formula is C24H17N3O6S. The number of carboxylic acids is 1. The smallest absolute Gasteiger partial charge is 0.336 e. The molecule has 0 saturated heterocycles. The van der Waals surface area contributed by atoms with Crippen LogP contribution in [0, 0.1) is 0 Å². The number of carboxylic acid groups (broad SMARTS) is 1. The van der Waals surface area contributed by atoms with E-state index >= 15 is 0 Å². The molecule has 1 N–H and O–H groups in total. The second-order valence-electron chi connectivity index (χ2n) is 7.41. The zero-order valence-electron chi connectivity index (χ0n) is 17.8. The number of ether oxygens (including phenoxy) is 3. The summed E-state index contributed by atoms with van der Waals surface area (Å²) in [5, 5.41) is 10.2.